The molecule has 0 aliphatic carbocycles. The molecule has 0 spiro atoms. The smallest absolute Gasteiger partial charge is 0.133 e. The molecule has 3 aromatic rings. The van der Waals surface area contributed by atoms with Crippen LogP contribution in [0.4, 0.5) is 17.2 Å². The molecule has 0 unspecified atom stereocenters. The van der Waals surface area contributed by atoms with E-state index in [9.17, 15) is 0 Å². The summed E-state index contributed by atoms with van der Waals surface area (Å²) in [6.07, 6.45) is 1.65. The van der Waals surface area contributed by atoms with Gasteiger partial charge in [-0.1, -0.05) is 0 Å². The number of nitrogens with zero attached hydrogens (tertiary/aromatic N) is 2. The van der Waals surface area contributed by atoms with Crippen LogP contribution >= 0.6 is 0 Å². The molecule has 19 heavy (non-hydrogen) atoms. The maximum absolute atomic E-state index is 5.69. The molecule has 5 nitrogen and oxygen atoms in total. The Balaban J connectivity index is 1.96. The first-order valence-corrected chi connectivity index (χ1v) is 6.07. The van der Waals surface area contributed by atoms with E-state index in [1.54, 1.807) is 6.20 Å². The van der Waals surface area contributed by atoms with Crippen molar-refractivity contribution in [1.29, 1.82) is 0 Å². The largest absolute Gasteiger partial charge is 0.397 e. The molecular weight excluding hydrogens is 238 g/mol. The van der Waals surface area contributed by atoms with Crippen molar-refractivity contribution in [1.82, 2.24) is 15.0 Å². The van der Waals surface area contributed by atoms with Crippen molar-refractivity contribution in [2.45, 2.75) is 13.8 Å². The lowest BCUT2D eigenvalue weighted by atomic mass is 10.2. The predicted octanol–water partition coefficient (Wildman–Crippen LogP) is 2.90. The lowest BCUT2D eigenvalue weighted by Gasteiger charge is -2.08. The number of nitrogen functional groups attached to an aromatic ring is 1. The van der Waals surface area contributed by atoms with E-state index >= 15 is 0 Å². The van der Waals surface area contributed by atoms with Crippen molar-refractivity contribution in [3.05, 3.63) is 41.9 Å². The van der Waals surface area contributed by atoms with Gasteiger partial charge in [0.1, 0.15) is 11.6 Å². The lowest BCUT2D eigenvalue weighted by molar-refractivity contribution is 1.17. The Labute approximate surface area is 110 Å². The third kappa shape index (κ3) is 2.22. The number of imidazole rings is 1. The van der Waals surface area contributed by atoms with Crippen LogP contribution in [-0.4, -0.2) is 15.0 Å². The van der Waals surface area contributed by atoms with Crippen LogP contribution in [0, 0.1) is 13.8 Å². The zero-order valence-corrected chi connectivity index (χ0v) is 10.9. The molecule has 0 aliphatic rings. The summed E-state index contributed by atoms with van der Waals surface area (Å²) in [4.78, 5) is 11.9. The van der Waals surface area contributed by atoms with E-state index in [0.29, 0.717) is 5.69 Å². The van der Waals surface area contributed by atoms with Crippen LogP contribution in [0.3, 0.4) is 0 Å². The number of rotatable bonds is 2. The number of hydrogen-bond acceptors (Lipinski definition) is 4. The Morgan fingerprint density at radius 1 is 1.21 bits per heavy atom. The molecule has 5 heteroatoms. The zero-order valence-electron chi connectivity index (χ0n) is 10.9. The third-order valence-corrected chi connectivity index (χ3v) is 2.96. The van der Waals surface area contributed by atoms with Gasteiger partial charge in [-0.25, -0.2) is 9.97 Å². The summed E-state index contributed by atoms with van der Waals surface area (Å²) >= 11 is 0. The second-order valence-corrected chi connectivity index (χ2v) is 4.61. The molecule has 2 heterocycles. The summed E-state index contributed by atoms with van der Waals surface area (Å²) in [5.74, 6) is 1.72. The average molecular weight is 253 g/mol. The minimum Gasteiger partial charge on any atom is -0.397 e. The number of fused-ring (bicyclic) bond motifs is 1. The molecule has 0 saturated heterocycles. The molecular formula is C14H15N5. The topological polar surface area (TPSA) is 79.6 Å². The Bertz CT molecular complexity index is 745. The van der Waals surface area contributed by atoms with Gasteiger partial charge in [0.2, 0.25) is 0 Å². The molecule has 0 aliphatic heterocycles. The second-order valence-electron chi connectivity index (χ2n) is 4.61. The number of nitrogens with two attached hydrogens (primary N) is 1. The highest BCUT2D eigenvalue weighted by atomic mass is 15.0. The zero-order chi connectivity index (χ0) is 13.4. The van der Waals surface area contributed by atoms with Crippen molar-refractivity contribution in [2.24, 2.45) is 0 Å². The summed E-state index contributed by atoms with van der Waals surface area (Å²) in [6.45, 7) is 3.92. The highest BCUT2D eigenvalue weighted by Gasteiger charge is 2.04. The van der Waals surface area contributed by atoms with E-state index in [0.717, 1.165) is 33.9 Å². The highest BCUT2D eigenvalue weighted by Crippen LogP contribution is 2.22. The normalized spacial score (nSPS) is 10.8. The molecule has 0 amide bonds. The molecule has 0 saturated carbocycles. The van der Waals surface area contributed by atoms with Crippen LogP contribution in [0.5, 0.6) is 0 Å². The quantitative estimate of drug-likeness (QED) is 0.656. The number of aromatic amines is 1. The summed E-state index contributed by atoms with van der Waals surface area (Å²) in [5, 5.41) is 3.29. The number of hydrogen-bond donors (Lipinski definition) is 3. The molecule has 3 rings (SSSR count). The van der Waals surface area contributed by atoms with Gasteiger partial charge in [-0.2, -0.15) is 0 Å². The van der Waals surface area contributed by atoms with Gasteiger partial charge in [0.05, 0.1) is 22.9 Å². The monoisotopic (exact) mass is 253 g/mol. The first-order valence-electron chi connectivity index (χ1n) is 6.07. The Morgan fingerprint density at radius 2 is 2.05 bits per heavy atom. The molecule has 0 fully saturated rings. The summed E-state index contributed by atoms with van der Waals surface area (Å²) in [6, 6.07) is 7.88. The van der Waals surface area contributed by atoms with Crippen molar-refractivity contribution in [2.75, 3.05) is 11.1 Å². The van der Waals surface area contributed by atoms with E-state index in [-0.39, 0.29) is 0 Å². The molecule has 0 radical (unpaired) electrons. The number of H-pyrrole nitrogens is 1. The summed E-state index contributed by atoms with van der Waals surface area (Å²) < 4.78 is 0. The van der Waals surface area contributed by atoms with Crippen molar-refractivity contribution < 1.29 is 0 Å². The van der Waals surface area contributed by atoms with Gasteiger partial charge in [0.25, 0.3) is 0 Å². The minimum atomic E-state index is 0.669. The van der Waals surface area contributed by atoms with Gasteiger partial charge >= 0.3 is 0 Å². The fourth-order valence-corrected chi connectivity index (χ4v) is 2.08. The van der Waals surface area contributed by atoms with Gasteiger partial charge < -0.3 is 16.0 Å². The maximum atomic E-state index is 5.69. The lowest BCUT2D eigenvalue weighted by Crippen LogP contribution is -1.98. The number of benzene rings is 1. The van der Waals surface area contributed by atoms with Gasteiger partial charge in [-0.05, 0) is 43.7 Å². The number of aromatic nitrogens is 3. The first kappa shape index (κ1) is 11.5. The van der Waals surface area contributed by atoms with Crippen molar-refractivity contribution in [3.8, 4) is 0 Å². The van der Waals surface area contributed by atoms with Crippen molar-refractivity contribution >= 4 is 28.2 Å². The van der Waals surface area contributed by atoms with Crippen LogP contribution in [-0.2, 0) is 0 Å². The molecule has 1 aromatic carbocycles. The molecule has 96 valence electrons. The molecule has 0 bridgehead atoms. The van der Waals surface area contributed by atoms with E-state index in [2.05, 4.69) is 20.3 Å². The average Bonchev–Trinajstić information content (AvgIpc) is 2.72. The van der Waals surface area contributed by atoms with E-state index < -0.39 is 0 Å². The van der Waals surface area contributed by atoms with Crippen LogP contribution in [0.15, 0.2) is 30.5 Å². The van der Waals surface area contributed by atoms with Gasteiger partial charge in [-0.3, -0.25) is 0 Å². The predicted molar refractivity (Wildman–Crippen MR) is 77.5 cm³/mol. The van der Waals surface area contributed by atoms with Gasteiger partial charge in [-0.15, -0.1) is 0 Å². The summed E-state index contributed by atoms with van der Waals surface area (Å²) in [5.41, 5.74) is 10.3. The fourth-order valence-electron chi connectivity index (χ4n) is 2.08. The van der Waals surface area contributed by atoms with E-state index in [1.807, 2.05) is 38.1 Å². The first-order chi connectivity index (χ1) is 9.11. The molecule has 0 atom stereocenters. The number of pyridine rings is 1. The number of anilines is 3. The van der Waals surface area contributed by atoms with Crippen molar-refractivity contribution in [3.63, 3.8) is 0 Å². The number of nitrogens with one attached hydrogen (secondary N) is 2. The third-order valence-electron chi connectivity index (χ3n) is 2.96. The Kier molecular flexibility index (Phi) is 2.59. The Morgan fingerprint density at radius 3 is 2.84 bits per heavy atom. The highest BCUT2D eigenvalue weighted by molar-refractivity contribution is 5.80. The van der Waals surface area contributed by atoms with Crippen LogP contribution in [0.25, 0.3) is 11.0 Å². The summed E-state index contributed by atoms with van der Waals surface area (Å²) in [7, 11) is 0. The van der Waals surface area contributed by atoms with Crippen LogP contribution in [0.1, 0.15) is 11.4 Å². The Hall–Kier alpha value is -2.56. The van der Waals surface area contributed by atoms with Crippen LogP contribution in [0.2, 0.25) is 0 Å². The number of aryl methyl sites for hydroxylation is 2. The van der Waals surface area contributed by atoms with E-state index in [4.69, 9.17) is 5.73 Å². The SMILES string of the molecule is Cc1nc2ccc(Nc3ncc(N)cc3C)cc2[nH]1. The standard InChI is InChI=1S/C14H15N5/c1-8-5-10(15)7-16-14(8)19-11-3-4-12-13(6-11)18-9(2)17-12/h3-7H,15H2,1-2H3,(H,16,19)(H,17,18). The van der Waals surface area contributed by atoms with Crippen LogP contribution < -0.4 is 11.1 Å². The molecule has 2 aromatic heterocycles. The second kappa shape index (κ2) is 4.28. The molecule has 4 N–H and O–H groups in total. The maximum Gasteiger partial charge on any atom is 0.133 e. The van der Waals surface area contributed by atoms with Gasteiger partial charge in [0, 0.05) is 5.69 Å². The van der Waals surface area contributed by atoms with Gasteiger partial charge in [0.15, 0.2) is 0 Å². The minimum absolute atomic E-state index is 0.669. The van der Waals surface area contributed by atoms with E-state index in [1.165, 1.54) is 0 Å². The fraction of sp³-hybridized carbons (Fsp3) is 0.143.